The number of rotatable bonds is 6. The molecule has 3 fully saturated rings. The van der Waals surface area contributed by atoms with Gasteiger partial charge in [0.1, 0.15) is 39.7 Å². The number of nitriles is 1. The largest absolute Gasteiger partial charge is 0.459 e. The number of amides is 2. The van der Waals surface area contributed by atoms with Crippen molar-refractivity contribution in [3.05, 3.63) is 34.5 Å². The fraction of sp³-hybridized carbons (Fsp3) is 0.561. The molecular formula is C41H48F2N8O6S. The third kappa shape index (κ3) is 7.23. The second kappa shape index (κ2) is 14.7. The summed E-state index contributed by atoms with van der Waals surface area (Å²) in [6.07, 6.45) is 2.96. The Labute approximate surface area is 339 Å². The van der Waals surface area contributed by atoms with Crippen molar-refractivity contribution in [3.8, 4) is 23.3 Å². The number of pyridine rings is 1. The van der Waals surface area contributed by atoms with Crippen molar-refractivity contribution in [3.63, 3.8) is 0 Å². The maximum absolute atomic E-state index is 17.8. The van der Waals surface area contributed by atoms with E-state index in [2.05, 4.69) is 26.2 Å². The van der Waals surface area contributed by atoms with Crippen LogP contribution in [0.25, 0.3) is 32.2 Å². The molecule has 0 aliphatic carbocycles. The molecule has 58 heavy (non-hydrogen) atoms. The highest BCUT2D eigenvalue weighted by Crippen LogP contribution is 2.49. The Hall–Kier alpha value is -4.92. The summed E-state index contributed by atoms with van der Waals surface area (Å²) in [6.45, 7) is 14.4. The Balaban J connectivity index is 1.30. The molecule has 4 aromatic rings. The number of nitrogens with one attached hydrogen (secondary N) is 1. The number of fused-ring (bicyclic) bond motifs is 6. The molecule has 4 atom stereocenters. The van der Waals surface area contributed by atoms with E-state index in [1.54, 1.807) is 25.7 Å². The Kier molecular flexibility index (Phi) is 10.1. The normalized spacial score (nSPS) is 21.4. The fourth-order valence-corrected chi connectivity index (χ4v) is 9.87. The van der Waals surface area contributed by atoms with Crippen LogP contribution in [0.4, 0.5) is 29.2 Å². The number of thiophene rings is 1. The van der Waals surface area contributed by atoms with Crippen LogP contribution in [-0.4, -0.2) is 99.1 Å². The number of benzene rings is 1. The van der Waals surface area contributed by atoms with E-state index in [0.717, 1.165) is 49.8 Å². The number of likely N-dealkylation sites (tertiary alicyclic amines) is 2. The highest BCUT2D eigenvalue weighted by Gasteiger charge is 2.45. The van der Waals surface area contributed by atoms with Crippen molar-refractivity contribution >= 4 is 55.3 Å². The molecule has 308 valence electrons. The summed E-state index contributed by atoms with van der Waals surface area (Å²) in [5.74, 6) is -1.00. The van der Waals surface area contributed by atoms with Gasteiger partial charge in [0.15, 0.2) is 11.6 Å². The molecule has 1 aromatic carbocycles. The first kappa shape index (κ1) is 39.9. The van der Waals surface area contributed by atoms with Gasteiger partial charge in [-0.05, 0) is 98.9 Å². The van der Waals surface area contributed by atoms with Crippen LogP contribution in [0.15, 0.2) is 6.20 Å². The maximum atomic E-state index is 17.8. The van der Waals surface area contributed by atoms with E-state index in [4.69, 9.17) is 28.9 Å². The second-order valence-electron chi connectivity index (χ2n) is 17.6. The van der Waals surface area contributed by atoms with Crippen molar-refractivity contribution in [2.75, 3.05) is 36.9 Å². The zero-order chi connectivity index (χ0) is 41.4. The van der Waals surface area contributed by atoms with Crippen LogP contribution in [0.2, 0.25) is 0 Å². The molecule has 17 heteroatoms. The number of piperazine rings is 1. The van der Waals surface area contributed by atoms with Gasteiger partial charge in [-0.2, -0.15) is 15.2 Å². The number of carbonyl (C=O) groups excluding carboxylic acids is 2. The molecule has 1 N–H and O–H groups in total. The summed E-state index contributed by atoms with van der Waals surface area (Å²) in [7, 11) is 2.05. The lowest BCUT2D eigenvalue weighted by atomic mass is 9.93. The van der Waals surface area contributed by atoms with Crippen LogP contribution in [-0.2, 0) is 27.4 Å². The number of halogens is 2. The first-order chi connectivity index (χ1) is 27.4. The Morgan fingerprint density at radius 1 is 1.02 bits per heavy atom. The van der Waals surface area contributed by atoms with Gasteiger partial charge >= 0.3 is 18.2 Å². The lowest BCUT2D eigenvalue weighted by Crippen LogP contribution is -2.56. The Morgan fingerprint density at radius 2 is 1.71 bits per heavy atom. The van der Waals surface area contributed by atoms with Gasteiger partial charge in [0.2, 0.25) is 0 Å². The average Bonchev–Trinajstić information content (AvgIpc) is 3.92. The summed E-state index contributed by atoms with van der Waals surface area (Å²) >= 11 is 0.840. The average molecular weight is 819 g/mol. The molecule has 2 bridgehead atoms. The molecular weight excluding hydrogens is 771 g/mol. The second-order valence-corrected chi connectivity index (χ2v) is 18.6. The van der Waals surface area contributed by atoms with Gasteiger partial charge in [-0.3, -0.25) is 15.2 Å². The molecule has 3 saturated heterocycles. The third-order valence-electron chi connectivity index (χ3n) is 11.2. The molecule has 8 rings (SSSR count). The van der Waals surface area contributed by atoms with Crippen molar-refractivity contribution in [2.24, 2.45) is 0 Å². The molecule has 0 spiro atoms. The smallest absolute Gasteiger partial charge is 0.412 e. The van der Waals surface area contributed by atoms with E-state index in [0.29, 0.717) is 35.4 Å². The van der Waals surface area contributed by atoms with Gasteiger partial charge in [-0.15, -0.1) is 11.3 Å². The van der Waals surface area contributed by atoms with Gasteiger partial charge in [0.25, 0.3) is 0 Å². The summed E-state index contributed by atoms with van der Waals surface area (Å²) < 4.78 is 57.1. The number of aromatic nitrogens is 3. The Morgan fingerprint density at radius 3 is 2.34 bits per heavy atom. The van der Waals surface area contributed by atoms with Gasteiger partial charge in [-0.1, -0.05) is 0 Å². The van der Waals surface area contributed by atoms with E-state index in [9.17, 15) is 14.9 Å². The van der Waals surface area contributed by atoms with E-state index in [1.807, 2.05) is 34.7 Å². The van der Waals surface area contributed by atoms with Crippen molar-refractivity contribution in [2.45, 2.75) is 123 Å². The molecule has 2 amide bonds. The predicted octanol–water partition coefficient (Wildman–Crippen LogP) is 7.88. The number of nitrogens with zero attached hydrogens (tertiary/aromatic N) is 7. The SMILES string of the molecule is C[C@H](Oc1nc(N2C3CCC2CN(C(=O)OC(C)(C)C)C3)c2c3c(c(-c4ncc(F)c5sc(NC(=O)OC(C)(C)C)c(C#N)c45)c(F)c2n1)COC3)[C@@H]1CCCN1C. The van der Waals surface area contributed by atoms with Crippen molar-refractivity contribution in [1.82, 2.24) is 24.8 Å². The molecule has 0 radical (unpaired) electrons. The summed E-state index contributed by atoms with van der Waals surface area (Å²) in [4.78, 5) is 46.5. The lowest BCUT2D eigenvalue weighted by Gasteiger charge is -2.42. The van der Waals surface area contributed by atoms with Crippen LogP contribution in [0.5, 0.6) is 6.01 Å². The monoisotopic (exact) mass is 818 g/mol. The van der Waals surface area contributed by atoms with Gasteiger partial charge in [0.05, 0.1) is 40.8 Å². The molecule has 2 unspecified atom stereocenters. The summed E-state index contributed by atoms with van der Waals surface area (Å²) in [6, 6.07) is 1.91. The third-order valence-corrected chi connectivity index (χ3v) is 12.3. The first-order valence-corrected chi connectivity index (χ1v) is 20.5. The van der Waals surface area contributed by atoms with Crippen LogP contribution >= 0.6 is 11.3 Å². The minimum absolute atomic E-state index is 0.00212. The van der Waals surface area contributed by atoms with Crippen LogP contribution < -0.4 is 15.0 Å². The van der Waals surface area contributed by atoms with Crippen LogP contribution in [0.1, 0.15) is 90.8 Å². The first-order valence-electron chi connectivity index (χ1n) is 19.7. The lowest BCUT2D eigenvalue weighted by molar-refractivity contribution is 0.0209. The fourth-order valence-electron chi connectivity index (χ4n) is 8.83. The van der Waals surface area contributed by atoms with E-state index < -0.39 is 28.9 Å². The number of hydrogen-bond donors (Lipinski definition) is 1. The minimum Gasteiger partial charge on any atom is -0.459 e. The number of carbonyl (C=O) groups is 2. The molecule has 14 nitrogen and oxygen atoms in total. The zero-order valence-electron chi connectivity index (χ0n) is 34.0. The highest BCUT2D eigenvalue weighted by atomic mass is 32.1. The number of hydrogen-bond acceptors (Lipinski definition) is 13. The molecule has 3 aromatic heterocycles. The highest BCUT2D eigenvalue weighted by molar-refractivity contribution is 7.23. The standard InChI is InChI=1S/C41H48F2N8O6S/c1-20(27-10-9-13-49(27)8)55-37-46-33-30(35(47-37)51-21-11-12-22(51)17-50(16-21)39(53)57-41(5,6)7)25-19-54-18-24(25)28(31(33)43)32-29-23(14-44)36(48-38(52)56-40(2,3)4)58-34(29)26(42)15-45-32/h15,20-22,27H,9-13,16-19H2,1-8H3,(H,48,52)/t20-,21?,22?,27-/m0/s1. The van der Waals surface area contributed by atoms with Gasteiger partial charge in [0, 0.05) is 42.2 Å². The van der Waals surface area contributed by atoms with E-state index in [-0.39, 0.29) is 87.0 Å². The summed E-state index contributed by atoms with van der Waals surface area (Å²) in [5.41, 5.74) is -0.453. The quantitative estimate of drug-likeness (QED) is 0.201. The van der Waals surface area contributed by atoms with E-state index in [1.165, 1.54) is 0 Å². The van der Waals surface area contributed by atoms with Gasteiger partial charge < -0.3 is 28.7 Å². The molecule has 4 aliphatic rings. The molecule has 4 aliphatic heterocycles. The molecule has 7 heterocycles. The topological polar surface area (TPSA) is 155 Å². The van der Waals surface area contributed by atoms with Gasteiger partial charge in [-0.25, -0.2) is 18.4 Å². The van der Waals surface area contributed by atoms with Crippen molar-refractivity contribution < 1.29 is 37.3 Å². The maximum Gasteiger partial charge on any atom is 0.412 e. The Bertz CT molecular complexity index is 2360. The zero-order valence-corrected chi connectivity index (χ0v) is 34.8. The summed E-state index contributed by atoms with van der Waals surface area (Å²) in [5, 5.41) is 13.6. The minimum atomic E-state index is -0.834. The van der Waals surface area contributed by atoms with E-state index >= 15 is 8.78 Å². The van der Waals surface area contributed by atoms with Crippen LogP contribution in [0, 0.1) is 23.0 Å². The predicted molar refractivity (Wildman–Crippen MR) is 214 cm³/mol. The van der Waals surface area contributed by atoms with Crippen molar-refractivity contribution in [1.29, 1.82) is 5.26 Å². The number of likely N-dealkylation sites (N-methyl/N-ethyl adjacent to an activating group) is 1. The number of ether oxygens (including phenoxy) is 4. The molecule has 0 saturated carbocycles. The number of anilines is 2. The van der Waals surface area contributed by atoms with Crippen LogP contribution in [0.3, 0.4) is 0 Å².